The first-order valence-corrected chi connectivity index (χ1v) is 12.6. The van der Waals surface area contributed by atoms with Crippen molar-refractivity contribution in [1.82, 2.24) is 15.0 Å². The van der Waals surface area contributed by atoms with E-state index in [4.69, 9.17) is 4.98 Å². The highest BCUT2D eigenvalue weighted by Crippen LogP contribution is 2.53. The second-order valence-electron chi connectivity index (χ2n) is 9.94. The molecule has 196 valence electrons. The van der Waals surface area contributed by atoms with Gasteiger partial charge in [-0.15, -0.1) is 0 Å². The summed E-state index contributed by atoms with van der Waals surface area (Å²) in [5.41, 5.74) is 5.29. The molecule has 0 bridgehead atoms. The Labute approximate surface area is 224 Å². The number of aryl methyl sites for hydroxylation is 2. The number of carbonyl (C=O) groups excluding carboxylic acids is 2. The van der Waals surface area contributed by atoms with Crippen LogP contribution in [0.15, 0.2) is 67.0 Å². The number of hydrogen-bond donors (Lipinski definition) is 3. The van der Waals surface area contributed by atoms with E-state index in [0.717, 1.165) is 41.0 Å². The van der Waals surface area contributed by atoms with Gasteiger partial charge in [0.15, 0.2) is 0 Å². The number of hydrogen-bond acceptors (Lipinski definition) is 6. The van der Waals surface area contributed by atoms with Crippen molar-refractivity contribution < 1.29 is 14.0 Å². The van der Waals surface area contributed by atoms with Crippen molar-refractivity contribution in [3.8, 4) is 0 Å². The van der Waals surface area contributed by atoms with Gasteiger partial charge in [-0.25, -0.2) is 19.2 Å². The molecule has 0 unspecified atom stereocenters. The molecule has 9 nitrogen and oxygen atoms in total. The van der Waals surface area contributed by atoms with Crippen LogP contribution in [0.2, 0.25) is 0 Å². The molecule has 39 heavy (non-hydrogen) atoms. The number of rotatable bonds is 5. The van der Waals surface area contributed by atoms with Crippen LogP contribution in [0.3, 0.4) is 0 Å². The van der Waals surface area contributed by atoms with E-state index in [1.54, 1.807) is 29.4 Å². The Kier molecular flexibility index (Phi) is 5.94. The fraction of sp³-hybridized carbons (Fsp3) is 0.207. The topological polar surface area (TPSA) is 112 Å². The van der Waals surface area contributed by atoms with E-state index >= 15 is 0 Å². The Hall–Kier alpha value is -4.86. The first kappa shape index (κ1) is 24.5. The lowest BCUT2D eigenvalue weighted by molar-refractivity contribution is -0.121. The Morgan fingerprint density at radius 3 is 2.36 bits per heavy atom. The zero-order valence-electron chi connectivity index (χ0n) is 21.5. The van der Waals surface area contributed by atoms with Gasteiger partial charge in [-0.3, -0.25) is 9.78 Å². The predicted octanol–water partition coefficient (Wildman–Crippen LogP) is 5.59. The number of amides is 3. The molecule has 0 atom stereocenters. The van der Waals surface area contributed by atoms with Gasteiger partial charge < -0.3 is 20.9 Å². The molecule has 1 fully saturated rings. The molecule has 1 aliphatic carbocycles. The maximum atomic E-state index is 13.8. The first-order valence-electron chi connectivity index (χ1n) is 12.6. The number of pyridine rings is 1. The monoisotopic (exact) mass is 523 g/mol. The van der Waals surface area contributed by atoms with Crippen molar-refractivity contribution in [2.45, 2.75) is 38.6 Å². The zero-order chi connectivity index (χ0) is 27.1. The molecule has 2 aromatic carbocycles. The number of nitrogens with zero attached hydrogens (tertiary/aromatic N) is 4. The molecule has 2 aliphatic rings. The Morgan fingerprint density at radius 2 is 1.64 bits per heavy atom. The van der Waals surface area contributed by atoms with Gasteiger partial charge in [-0.05, 0) is 80.8 Å². The lowest BCUT2D eigenvalue weighted by Gasteiger charge is -2.34. The summed E-state index contributed by atoms with van der Waals surface area (Å²) in [6.45, 7) is 4.18. The summed E-state index contributed by atoms with van der Waals surface area (Å²) < 4.78 is 13.2. The van der Waals surface area contributed by atoms with Crippen LogP contribution < -0.4 is 20.9 Å². The van der Waals surface area contributed by atoms with E-state index in [1.807, 2.05) is 32.0 Å². The minimum Gasteiger partial charge on any atom is -0.323 e. The van der Waals surface area contributed by atoms with Gasteiger partial charge in [-0.2, -0.15) is 0 Å². The molecule has 0 radical (unpaired) electrons. The lowest BCUT2D eigenvalue weighted by Crippen LogP contribution is -2.45. The summed E-state index contributed by atoms with van der Waals surface area (Å²) in [5.74, 6) is 0.0425. The minimum atomic E-state index is -0.672. The van der Waals surface area contributed by atoms with Crippen LogP contribution in [0.5, 0.6) is 0 Å². The van der Waals surface area contributed by atoms with Crippen LogP contribution in [-0.4, -0.2) is 26.9 Å². The molecule has 1 saturated carbocycles. The van der Waals surface area contributed by atoms with Gasteiger partial charge in [0.1, 0.15) is 5.82 Å². The molecule has 4 aromatic rings. The van der Waals surface area contributed by atoms with Crippen molar-refractivity contribution in [1.29, 1.82) is 0 Å². The smallest absolute Gasteiger partial charge is 0.323 e. The van der Waals surface area contributed by atoms with Crippen molar-refractivity contribution >= 4 is 40.6 Å². The predicted molar refractivity (Wildman–Crippen MR) is 147 cm³/mol. The molecule has 0 saturated heterocycles. The van der Waals surface area contributed by atoms with Gasteiger partial charge in [0.25, 0.3) is 0 Å². The average molecular weight is 524 g/mol. The van der Waals surface area contributed by atoms with Gasteiger partial charge in [0, 0.05) is 34.5 Å². The quantitative estimate of drug-likeness (QED) is 0.314. The van der Waals surface area contributed by atoms with Crippen molar-refractivity contribution in [2.24, 2.45) is 0 Å². The number of carbonyl (C=O) groups is 2. The number of fused-ring (bicyclic) bond motifs is 2. The van der Waals surface area contributed by atoms with Crippen molar-refractivity contribution in [3.05, 3.63) is 95.3 Å². The number of urea groups is 1. The standard InChI is InChI=1S/C29H26FN7O2/c1-17-3-7-22(35-28(39)34-21-9-5-20(30)6-10-21)13-24(17)37-16-19-14-32-27(33-23-8-4-18(2)31-15-23)36-25(19)29(11-12-29)26(37)38/h3-10,13-15H,11-12,16H2,1-2H3,(H,32,33,36)(H2,34,35,39). The number of benzene rings is 2. The van der Waals surface area contributed by atoms with Gasteiger partial charge >= 0.3 is 6.03 Å². The largest absolute Gasteiger partial charge is 0.323 e. The van der Waals surface area contributed by atoms with E-state index in [0.29, 0.717) is 29.6 Å². The van der Waals surface area contributed by atoms with Crippen LogP contribution in [0.1, 0.15) is 35.4 Å². The maximum absolute atomic E-state index is 13.8. The van der Waals surface area contributed by atoms with E-state index < -0.39 is 11.4 Å². The van der Waals surface area contributed by atoms with Crippen LogP contribution in [-0.2, 0) is 16.8 Å². The minimum absolute atomic E-state index is 0.00679. The van der Waals surface area contributed by atoms with E-state index in [-0.39, 0.29) is 11.7 Å². The maximum Gasteiger partial charge on any atom is 0.323 e. The van der Waals surface area contributed by atoms with Crippen LogP contribution in [0, 0.1) is 19.7 Å². The van der Waals surface area contributed by atoms with Crippen LogP contribution in [0.4, 0.5) is 37.9 Å². The Balaban J connectivity index is 1.24. The summed E-state index contributed by atoms with van der Waals surface area (Å²) in [6, 6.07) is 14.3. The Morgan fingerprint density at radius 1 is 0.923 bits per heavy atom. The number of halogens is 1. The highest BCUT2D eigenvalue weighted by Gasteiger charge is 2.58. The van der Waals surface area contributed by atoms with Crippen molar-refractivity contribution in [2.75, 3.05) is 20.9 Å². The summed E-state index contributed by atoms with van der Waals surface area (Å²) in [7, 11) is 0. The fourth-order valence-corrected chi connectivity index (χ4v) is 4.84. The van der Waals surface area contributed by atoms with E-state index in [1.165, 1.54) is 24.3 Å². The molecule has 3 amide bonds. The first-order chi connectivity index (χ1) is 18.8. The molecule has 2 aromatic heterocycles. The molecule has 6 rings (SSSR count). The third-order valence-corrected chi connectivity index (χ3v) is 7.08. The van der Waals surface area contributed by atoms with Gasteiger partial charge in [-0.1, -0.05) is 6.07 Å². The molecular formula is C29H26FN7O2. The molecule has 1 aliphatic heterocycles. The summed E-state index contributed by atoms with van der Waals surface area (Å²) >= 11 is 0. The zero-order valence-corrected chi connectivity index (χ0v) is 21.5. The van der Waals surface area contributed by atoms with Gasteiger partial charge in [0.2, 0.25) is 11.9 Å². The third kappa shape index (κ3) is 4.76. The second-order valence-corrected chi connectivity index (χ2v) is 9.94. The number of anilines is 5. The Bertz CT molecular complexity index is 1580. The van der Waals surface area contributed by atoms with E-state index in [2.05, 4.69) is 25.9 Å². The second kappa shape index (κ2) is 9.46. The molecule has 3 heterocycles. The van der Waals surface area contributed by atoms with Gasteiger partial charge in [0.05, 0.1) is 29.5 Å². The molecule has 1 spiro atoms. The summed E-state index contributed by atoms with van der Waals surface area (Å²) in [4.78, 5) is 41.7. The third-order valence-electron chi connectivity index (χ3n) is 7.08. The average Bonchev–Trinajstić information content (AvgIpc) is 3.72. The van der Waals surface area contributed by atoms with E-state index in [9.17, 15) is 14.0 Å². The molecular weight excluding hydrogens is 497 g/mol. The molecule has 3 N–H and O–H groups in total. The van der Waals surface area contributed by atoms with Crippen LogP contribution >= 0.6 is 0 Å². The molecule has 10 heteroatoms. The van der Waals surface area contributed by atoms with Crippen molar-refractivity contribution in [3.63, 3.8) is 0 Å². The highest BCUT2D eigenvalue weighted by atomic mass is 19.1. The fourth-order valence-electron chi connectivity index (χ4n) is 4.84. The number of aromatic nitrogens is 3. The summed E-state index contributed by atoms with van der Waals surface area (Å²) in [5, 5.41) is 8.66. The van der Waals surface area contributed by atoms with Crippen LogP contribution in [0.25, 0.3) is 0 Å². The number of nitrogens with one attached hydrogen (secondary N) is 3. The summed E-state index contributed by atoms with van der Waals surface area (Å²) in [6.07, 6.45) is 4.94. The highest BCUT2D eigenvalue weighted by molar-refractivity contribution is 6.06. The normalized spacial score (nSPS) is 15.1. The lowest BCUT2D eigenvalue weighted by atomic mass is 9.91. The SMILES string of the molecule is Cc1ccc(Nc2ncc3c(n2)C2(CC2)C(=O)N(c2cc(NC(=O)Nc4ccc(F)cc4)ccc2C)C3)cn1.